The van der Waals surface area contributed by atoms with E-state index in [2.05, 4.69) is 18.3 Å². The van der Waals surface area contributed by atoms with Crippen LogP contribution >= 0.6 is 11.8 Å². The first kappa shape index (κ1) is 21.9. The summed E-state index contributed by atoms with van der Waals surface area (Å²) in [6.07, 6.45) is 0.842. The van der Waals surface area contributed by atoms with Gasteiger partial charge in [0.25, 0.3) is 0 Å². The number of amides is 1. The number of nitrogens with one attached hydrogen (secondary N) is 1. The molecule has 1 amide bonds. The highest BCUT2D eigenvalue weighted by Crippen LogP contribution is 2.37. The van der Waals surface area contributed by atoms with Crippen molar-refractivity contribution in [1.82, 2.24) is 0 Å². The summed E-state index contributed by atoms with van der Waals surface area (Å²) in [6, 6.07) is 13.4. The zero-order valence-electron chi connectivity index (χ0n) is 18.0. The first-order valence-corrected chi connectivity index (χ1v) is 13.2. The van der Waals surface area contributed by atoms with Crippen molar-refractivity contribution in [1.29, 1.82) is 0 Å². The Morgan fingerprint density at radius 1 is 1.19 bits per heavy atom. The minimum Gasteiger partial charge on any atom is -0.325 e. The molecule has 2 aliphatic rings. The molecule has 4 rings (SSSR count). The molecule has 0 bridgehead atoms. The molecule has 0 saturated carbocycles. The van der Waals surface area contributed by atoms with Crippen LogP contribution in [0.2, 0.25) is 0 Å². The number of para-hydroxylation sites is 1. The van der Waals surface area contributed by atoms with Crippen molar-refractivity contribution in [2.45, 2.75) is 39.3 Å². The predicted molar refractivity (Wildman–Crippen MR) is 129 cm³/mol. The summed E-state index contributed by atoms with van der Waals surface area (Å²) in [5.74, 6) is 0.275. The van der Waals surface area contributed by atoms with E-state index in [4.69, 9.17) is 4.99 Å². The summed E-state index contributed by atoms with van der Waals surface area (Å²) >= 11 is 1.37. The van der Waals surface area contributed by atoms with Crippen LogP contribution in [0.15, 0.2) is 47.5 Å². The number of amidine groups is 1. The molecule has 1 N–H and O–H groups in total. The third-order valence-electron chi connectivity index (χ3n) is 5.74. The number of anilines is 2. The Kier molecular flexibility index (Phi) is 6.12. The van der Waals surface area contributed by atoms with Gasteiger partial charge in [-0.15, -0.1) is 0 Å². The van der Waals surface area contributed by atoms with Crippen LogP contribution in [0.25, 0.3) is 0 Å². The van der Waals surface area contributed by atoms with Crippen molar-refractivity contribution in [3.63, 3.8) is 0 Å². The number of nitrogens with zero attached hydrogens (tertiary/aromatic N) is 2. The third kappa shape index (κ3) is 4.65. The van der Waals surface area contributed by atoms with Gasteiger partial charge in [0.2, 0.25) is 5.91 Å². The fraction of sp³-hybridized carbons (Fsp3) is 0.391. The molecule has 164 valence electrons. The maximum atomic E-state index is 12.6. The lowest BCUT2D eigenvalue weighted by molar-refractivity contribution is -0.113. The second kappa shape index (κ2) is 8.67. The fourth-order valence-electron chi connectivity index (χ4n) is 4.16. The maximum Gasteiger partial charge on any atom is 0.234 e. The topological polar surface area (TPSA) is 78.8 Å². The lowest BCUT2D eigenvalue weighted by atomic mass is 10.1. The number of carbonyl (C=O) groups is 1. The lowest BCUT2D eigenvalue weighted by Crippen LogP contribution is -2.40. The molecule has 1 fully saturated rings. The molecule has 31 heavy (non-hydrogen) atoms. The van der Waals surface area contributed by atoms with Gasteiger partial charge in [-0.25, -0.2) is 8.42 Å². The SMILES string of the molecule is CCc1ccccc1NC(=O)CSC1=N[C@H]2CS(=O)(=O)C[C@H]2N1c1cc(C)ccc1C. The molecule has 1 saturated heterocycles. The number of hydrogen-bond acceptors (Lipinski definition) is 6. The largest absolute Gasteiger partial charge is 0.325 e. The van der Waals surface area contributed by atoms with Crippen LogP contribution < -0.4 is 10.2 Å². The van der Waals surface area contributed by atoms with Gasteiger partial charge in [0.15, 0.2) is 15.0 Å². The van der Waals surface area contributed by atoms with Gasteiger partial charge < -0.3 is 10.2 Å². The Morgan fingerprint density at radius 2 is 1.97 bits per heavy atom. The predicted octanol–water partition coefficient (Wildman–Crippen LogP) is 3.58. The molecule has 6 nitrogen and oxygen atoms in total. The van der Waals surface area contributed by atoms with E-state index in [9.17, 15) is 13.2 Å². The van der Waals surface area contributed by atoms with Gasteiger partial charge in [0.1, 0.15) is 0 Å². The molecule has 2 atom stereocenters. The van der Waals surface area contributed by atoms with E-state index in [-0.39, 0.29) is 35.2 Å². The van der Waals surface area contributed by atoms with Gasteiger partial charge in [-0.1, -0.05) is 49.0 Å². The number of rotatable bonds is 5. The molecule has 2 aromatic rings. The van der Waals surface area contributed by atoms with E-state index in [1.165, 1.54) is 11.8 Å². The van der Waals surface area contributed by atoms with E-state index in [0.717, 1.165) is 39.7 Å². The number of thioether (sulfide) groups is 1. The van der Waals surface area contributed by atoms with E-state index < -0.39 is 9.84 Å². The molecule has 0 aromatic heterocycles. The number of carbonyl (C=O) groups excluding carboxylic acids is 1. The highest BCUT2D eigenvalue weighted by atomic mass is 32.2. The molecule has 8 heteroatoms. The lowest BCUT2D eigenvalue weighted by Gasteiger charge is -2.28. The first-order chi connectivity index (χ1) is 14.8. The van der Waals surface area contributed by atoms with Crippen molar-refractivity contribution in [3.05, 3.63) is 59.2 Å². The summed E-state index contributed by atoms with van der Waals surface area (Å²) in [5.41, 5.74) is 5.05. The van der Waals surface area contributed by atoms with Gasteiger partial charge in [-0.2, -0.15) is 0 Å². The molecule has 2 heterocycles. The van der Waals surface area contributed by atoms with E-state index in [0.29, 0.717) is 0 Å². The quantitative estimate of drug-likeness (QED) is 0.743. The Hall–Kier alpha value is -2.32. The molecule has 2 aliphatic heterocycles. The number of sulfone groups is 1. The Balaban J connectivity index is 1.54. The summed E-state index contributed by atoms with van der Waals surface area (Å²) in [5, 5.41) is 3.71. The van der Waals surface area contributed by atoms with Crippen molar-refractivity contribution in [2.24, 2.45) is 4.99 Å². The molecule has 0 radical (unpaired) electrons. The Morgan fingerprint density at radius 3 is 2.74 bits per heavy atom. The van der Waals surface area contributed by atoms with Crippen molar-refractivity contribution in [3.8, 4) is 0 Å². The van der Waals surface area contributed by atoms with Gasteiger partial charge in [0.05, 0.1) is 29.3 Å². The average molecular weight is 458 g/mol. The van der Waals surface area contributed by atoms with E-state index >= 15 is 0 Å². The Labute approximate surface area is 188 Å². The maximum absolute atomic E-state index is 12.6. The van der Waals surface area contributed by atoms with E-state index in [1.54, 1.807) is 0 Å². The molecule has 0 spiro atoms. The highest BCUT2D eigenvalue weighted by molar-refractivity contribution is 8.14. The van der Waals surface area contributed by atoms with Gasteiger partial charge >= 0.3 is 0 Å². The van der Waals surface area contributed by atoms with Gasteiger partial charge in [0, 0.05) is 11.4 Å². The summed E-state index contributed by atoms with van der Waals surface area (Å²) in [4.78, 5) is 19.4. The van der Waals surface area contributed by atoms with Crippen molar-refractivity contribution in [2.75, 3.05) is 27.5 Å². The molecule has 2 aromatic carbocycles. The molecule has 0 aliphatic carbocycles. The zero-order chi connectivity index (χ0) is 22.2. The zero-order valence-corrected chi connectivity index (χ0v) is 19.6. The standard InChI is InChI=1S/C23H27N3O3S2/c1-4-17-7-5-6-8-18(17)24-22(27)12-30-23-25-19-13-31(28,29)14-21(19)26(23)20-11-15(2)9-10-16(20)3/h5-11,19,21H,4,12-14H2,1-3H3,(H,24,27)/t19-,21+/m0/s1. The fourth-order valence-corrected chi connectivity index (χ4v) is 6.92. The third-order valence-corrected chi connectivity index (χ3v) is 8.40. The molecular weight excluding hydrogens is 430 g/mol. The number of benzene rings is 2. The van der Waals surface area contributed by atoms with Gasteiger partial charge in [-0.3, -0.25) is 9.79 Å². The smallest absolute Gasteiger partial charge is 0.234 e. The number of aryl methyl sites for hydroxylation is 3. The van der Waals surface area contributed by atoms with E-state index in [1.807, 2.05) is 55.1 Å². The molecular formula is C23H27N3O3S2. The Bertz CT molecular complexity index is 1140. The van der Waals surface area contributed by atoms with Crippen LogP contribution in [0.5, 0.6) is 0 Å². The first-order valence-electron chi connectivity index (χ1n) is 10.4. The van der Waals surface area contributed by atoms with Crippen LogP contribution in [0.3, 0.4) is 0 Å². The minimum absolute atomic E-state index is 0.0686. The summed E-state index contributed by atoms with van der Waals surface area (Å²) in [7, 11) is -3.11. The highest BCUT2D eigenvalue weighted by Gasteiger charge is 2.47. The van der Waals surface area contributed by atoms with Crippen molar-refractivity contribution >= 4 is 44.0 Å². The van der Waals surface area contributed by atoms with Crippen LogP contribution in [0.1, 0.15) is 23.6 Å². The molecule has 0 unspecified atom stereocenters. The second-order valence-corrected chi connectivity index (χ2v) is 11.2. The van der Waals surface area contributed by atoms with Crippen molar-refractivity contribution < 1.29 is 13.2 Å². The number of aliphatic imine (C=N–C) groups is 1. The summed E-state index contributed by atoms with van der Waals surface area (Å²) in [6.45, 7) is 6.09. The number of fused-ring (bicyclic) bond motifs is 1. The van der Waals surface area contributed by atoms with Crippen LogP contribution in [0, 0.1) is 13.8 Å². The monoisotopic (exact) mass is 457 g/mol. The van der Waals surface area contributed by atoms with Crippen LogP contribution in [-0.4, -0.2) is 48.8 Å². The second-order valence-electron chi connectivity index (χ2n) is 8.13. The summed E-state index contributed by atoms with van der Waals surface area (Å²) < 4.78 is 24.5. The average Bonchev–Trinajstić information content (AvgIpc) is 3.19. The minimum atomic E-state index is -3.11. The van der Waals surface area contributed by atoms with Crippen LogP contribution in [-0.2, 0) is 21.1 Å². The normalized spacial score (nSPS) is 21.6. The van der Waals surface area contributed by atoms with Gasteiger partial charge in [-0.05, 0) is 49.1 Å². The number of hydrogen-bond donors (Lipinski definition) is 1. The van der Waals surface area contributed by atoms with Crippen LogP contribution in [0.4, 0.5) is 11.4 Å².